The number of amides is 1. The first-order chi connectivity index (χ1) is 8.90. The summed E-state index contributed by atoms with van der Waals surface area (Å²) in [5.41, 5.74) is 0. The molecule has 1 amide bonds. The summed E-state index contributed by atoms with van der Waals surface area (Å²) in [7, 11) is 0. The maximum atomic E-state index is 12.1. The van der Waals surface area contributed by atoms with Crippen molar-refractivity contribution in [1.29, 1.82) is 0 Å². The fourth-order valence-electron chi connectivity index (χ4n) is 2.62. The topological polar surface area (TPSA) is 69.6 Å². The van der Waals surface area contributed by atoms with Crippen LogP contribution in [-0.2, 0) is 9.59 Å². The van der Waals surface area contributed by atoms with E-state index in [9.17, 15) is 9.59 Å². The van der Waals surface area contributed by atoms with E-state index in [0.29, 0.717) is 13.1 Å². The fourth-order valence-corrected chi connectivity index (χ4v) is 2.62. The maximum absolute atomic E-state index is 12.1. The van der Waals surface area contributed by atoms with Crippen molar-refractivity contribution in [3.8, 4) is 0 Å². The third-order valence-electron chi connectivity index (χ3n) is 4.22. The van der Waals surface area contributed by atoms with Crippen LogP contribution in [0.2, 0.25) is 0 Å². The molecule has 5 nitrogen and oxygen atoms in total. The molecule has 0 aromatic carbocycles. The summed E-state index contributed by atoms with van der Waals surface area (Å²) >= 11 is 0. The lowest BCUT2D eigenvalue weighted by molar-refractivity contribution is -0.142. The summed E-state index contributed by atoms with van der Waals surface area (Å²) in [4.78, 5) is 25.2. The van der Waals surface area contributed by atoms with Crippen LogP contribution in [0.15, 0.2) is 0 Å². The van der Waals surface area contributed by atoms with E-state index in [2.05, 4.69) is 19.2 Å². The summed E-state index contributed by atoms with van der Waals surface area (Å²) in [5.74, 6) is -1.01. The second kappa shape index (κ2) is 6.89. The van der Waals surface area contributed by atoms with Crippen molar-refractivity contribution in [2.75, 3.05) is 13.1 Å². The molecule has 0 aromatic heterocycles. The lowest BCUT2D eigenvalue weighted by atomic mass is 9.99. The molecule has 1 aliphatic rings. The van der Waals surface area contributed by atoms with Gasteiger partial charge in [0.15, 0.2) is 0 Å². The third-order valence-corrected chi connectivity index (χ3v) is 4.22. The van der Waals surface area contributed by atoms with Gasteiger partial charge in [-0.05, 0) is 25.7 Å². The standard InChI is InChI=1S/C14H26N2O3/c1-5-11(6-2)15-13(17)10(4)16-7-9(3)12(8-16)14(18)19/h9-12H,5-8H2,1-4H3,(H,15,17)(H,18,19). The molecule has 110 valence electrons. The van der Waals surface area contributed by atoms with Crippen LogP contribution >= 0.6 is 0 Å². The molecule has 19 heavy (non-hydrogen) atoms. The number of nitrogens with zero attached hydrogens (tertiary/aromatic N) is 1. The minimum atomic E-state index is -0.761. The van der Waals surface area contributed by atoms with Crippen molar-refractivity contribution < 1.29 is 14.7 Å². The average molecular weight is 270 g/mol. The molecule has 1 heterocycles. The van der Waals surface area contributed by atoms with Gasteiger partial charge in [-0.1, -0.05) is 20.8 Å². The first kappa shape index (κ1) is 16.0. The zero-order valence-electron chi connectivity index (χ0n) is 12.3. The first-order valence-corrected chi connectivity index (χ1v) is 7.17. The van der Waals surface area contributed by atoms with Crippen LogP contribution in [0, 0.1) is 11.8 Å². The van der Waals surface area contributed by atoms with Gasteiger partial charge in [-0.2, -0.15) is 0 Å². The SMILES string of the molecule is CCC(CC)NC(=O)C(C)N1CC(C)C(C(=O)O)C1. The number of carboxylic acids is 1. The molecule has 0 spiro atoms. The van der Waals surface area contributed by atoms with E-state index < -0.39 is 5.97 Å². The zero-order valence-corrected chi connectivity index (χ0v) is 12.3. The molecule has 3 atom stereocenters. The quantitative estimate of drug-likeness (QED) is 0.764. The van der Waals surface area contributed by atoms with E-state index in [0.717, 1.165) is 12.8 Å². The highest BCUT2D eigenvalue weighted by atomic mass is 16.4. The Labute approximate surface area is 115 Å². The first-order valence-electron chi connectivity index (χ1n) is 7.17. The summed E-state index contributed by atoms with van der Waals surface area (Å²) in [6, 6.07) is -0.0438. The molecule has 0 radical (unpaired) electrons. The molecule has 0 bridgehead atoms. The smallest absolute Gasteiger partial charge is 0.308 e. The molecular weight excluding hydrogens is 244 g/mol. The second-order valence-electron chi connectivity index (χ2n) is 5.57. The Bertz CT molecular complexity index is 329. The van der Waals surface area contributed by atoms with Crippen LogP contribution < -0.4 is 5.32 Å². The van der Waals surface area contributed by atoms with Gasteiger partial charge in [0, 0.05) is 19.1 Å². The van der Waals surface area contributed by atoms with Gasteiger partial charge in [-0.15, -0.1) is 0 Å². The molecule has 1 saturated heterocycles. The number of hydrogen-bond acceptors (Lipinski definition) is 3. The van der Waals surface area contributed by atoms with Crippen molar-refractivity contribution in [3.05, 3.63) is 0 Å². The van der Waals surface area contributed by atoms with Crippen LogP contribution in [0.3, 0.4) is 0 Å². The van der Waals surface area contributed by atoms with E-state index in [1.807, 2.05) is 18.7 Å². The van der Waals surface area contributed by atoms with Gasteiger partial charge in [-0.3, -0.25) is 14.5 Å². The van der Waals surface area contributed by atoms with Gasteiger partial charge in [-0.25, -0.2) is 0 Å². The molecule has 0 aromatic rings. The van der Waals surface area contributed by atoms with E-state index in [1.54, 1.807) is 0 Å². The fraction of sp³-hybridized carbons (Fsp3) is 0.857. The molecule has 1 rings (SSSR count). The van der Waals surface area contributed by atoms with Gasteiger partial charge in [0.05, 0.1) is 12.0 Å². The normalized spacial score (nSPS) is 25.5. The Morgan fingerprint density at radius 2 is 1.89 bits per heavy atom. The summed E-state index contributed by atoms with van der Waals surface area (Å²) in [6.07, 6.45) is 1.84. The molecule has 3 unspecified atom stereocenters. The van der Waals surface area contributed by atoms with E-state index in [4.69, 9.17) is 5.11 Å². The molecule has 0 aliphatic carbocycles. The largest absolute Gasteiger partial charge is 0.481 e. The molecule has 5 heteroatoms. The van der Waals surface area contributed by atoms with Crippen molar-refractivity contribution in [2.45, 2.75) is 52.6 Å². The van der Waals surface area contributed by atoms with Crippen LogP contribution in [0.5, 0.6) is 0 Å². The van der Waals surface area contributed by atoms with Crippen molar-refractivity contribution >= 4 is 11.9 Å². The number of carboxylic acid groups (broad SMARTS) is 1. The molecule has 2 N–H and O–H groups in total. The molecule has 0 saturated carbocycles. The van der Waals surface area contributed by atoms with Crippen LogP contribution in [0.1, 0.15) is 40.5 Å². The van der Waals surface area contributed by atoms with Crippen molar-refractivity contribution in [3.63, 3.8) is 0 Å². The van der Waals surface area contributed by atoms with Gasteiger partial charge in [0.1, 0.15) is 0 Å². The highest BCUT2D eigenvalue weighted by Gasteiger charge is 2.38. The van der Waals surface area contributed by atoms with E-state index in [-0.39, 0.29) is 29.8 Å². The summed E-state index contributed by atoms with van der Waals surface area (Å²) < 4.78 is 0. The minimum Gasteiger partial charge on any atom is -0.481 e. The van der Waals surface area contributed by atoms with E-state index in [1.165, 1.54) is 0 Å². The van der Waals surface area contributed by atoms with Gasteiger partial charge in [0.25, 0.3) is 0 Å². The number of aliphatic carboxylic acids is 1. The monoisotopic (exact) mass is 270 g/mol. The number of hydrogen-bond donors (Lipinski definition) is 2. The molecule has 1 aliphatic heterocycles. The highest BCUT2D eigenvalue weighted by molar-refractivity contribution is 5.82. The molecule has 1 fully saturated rings. The maximum Gasteiger partial charge on any atom is 0.308 e. The predicted octanol–water partition coefficient (Wildman–Crippen LogP) is 1.33. The number of rotatable bonds is 6. The average Bonchev–Trinajstić information content (AvgIpc) is 2.76. The lowest BCUT2D eigenvalue weighted by Gasteiger charge is -2.25. The Morgan fingerprint density at radius 3 is 2.32 bits per heavy atom. The number of likely N-dealkylation sites (tertiary alicyclic amines) is 1. The third kappa shape index (κ3) is 3.93. The lowest BCUT2D eigenvalue weighted by Crippen LogP contribution is -2.47. The number of nitrogens with one attached hydrogen (secondary N) is 1. The number of carbonyl (C=O) groups is 2. The zero-order chi connectivity index (χ0) is 14.6. The molecular formula is C14H26N2O3. The van der Waals surface area contributed by atoms with Crippen LogP contribution in [-0.4, -0.2) is 47.1 Å². The van der Waals surface area contributed by atoms with E-state index >= 15 is 0 Å². The Hall–Kier alpha value is -1.10. The predicted molar refractivity (Wildman–Crippen MR) is 73.8 cm³/mol. The Balaban J connectivity index is 2.56. The Morgan fingerprint density at radius 1 is 1.32 bits per heavy atom. The van der Waals surface area contributed by atoms with Gasteiger partial charge < -0.3 is 10.4 Å². The Kier molecular flexibility index (Phi) is 5.79. The summed E-state index contributed by atoms with van der Waals surface area (Å²) in [5, 5.41) is 12.1. The highest BCUT2D eigenvalue weighted by Crippen LogP contribution is 2.24. The second-order valence-corrected chi connectivity index (χ2v) is 5.57. The summed E-state index contributed by atoms with van der Waals surface area (Å²) in [6.45, 7) is 9.04. The number of carbonyl (C=O) groups excluding carboxylic acids is 1. The van der Waals surface area contributed by atoms with Crippen molar-refractivity contribution in [2.24, 2.45) is 11.8 Å². The minimum absolute atomic E-state index is 0.00642. The van der Waals surface area contributed by atoms with Crippen LogP contribution in [0.25, 0.3) is 0 Å². The van der Waals surface area contributed by atoms with Crippen molar-refractivity contribution in [1.82, 2.24) is 10.2 Å². The van der Waals surface area contributed by atoms with Gasteiger partial charge in [0.2, 0.25) is 5.91 Å². The van der Waals surface area contributed by atoms with Crippen LogP contribution in [0.4, 0.5) is 0 Å². The van der Waals surface area contributed by atoms with Gasteiger partial charge >= 0.3 is 5.97 Å².